The van der Waals surface area contributed by atoms with E-state index in [1.54, 1.807) is 4.90 Å². The van der Waals surface area contributed by atoms with Crippen LogP contribution in [0.15, 0.2) is 72.8 Å². The zero-order valence-electron chi connectivity index (χ0n) is 22.2. The van der Waals surface area contributed by atoms with Gasteiger partial charge in [-0.1, -0.05) is 79.6 Å². The average Bonchev–Trinajstić information content (AvgIpc) is 3.41. The van der Waals surface area contributed by atoms with Gasteiger partial charge in [-0.2, -0.15) is 0 Å². The average molecular weight is 499 g/mol. The summed E-state index contributed by atoms with van der Waals surface area (Å²) in [7, 11) is 0. The van der Waals surface area contributed by atoms with Crippen LogP contribution in [0.2, 0.25) is 0 Å². The van der Waals surface area contributed by atoms with E-state index >= 15 is 0 Å². The fourth-order valence-electron chi connectivity index (χ4n) is 5.00. The van der Waals surface area contributed by atoms with Crippen molar-refractivity contribution < 1.29 is 14.3 Å². The van der Waals surface area contributed by atoms with Gasteiger partial charge in [0.15, 0.2) is 6.61 Å². The summed E-state index contributed by atoms with van der Waals surface area (Å²) in [5, 5.41) is 3.25. The van der Waals surface area contributed by atoms with Gasteiger partial charge in [-0.05, 0) is 67.5 Å². The van der Waals surface area contributed by atoms with E-state index in [1.807, 2.05) is 93.6 Å². The fourth-order valence-corrected chi connectivity index (χ4v) is 5.00. The van der Waals surface area contributed by atoms with Gasteiger partial charge in [-0.15, -0.1) is 0 Å². The van der Waals surface area contributed by atoms with Crippen LogP contribution in [0.5, 0.6) is 5.75 Å². The minimum Gasteiger partial charge on any atom is -0.483 e. The summed E-state index contributed by atoms with van der Waals surface area (Å²) >= 11 is 0. The molecule has 0 bridgehead atoms. The topological polar surface area (TPSA) is 58.6 Å². The van der Waals surface area contributed by atoms with Gasteiger partial charge < -0.3 is 15.0 Å². The van der Waals surface area contributed by atoms with Gasteiger partial charge in [0.05, 0.1) is 0 Å². The van der Waals surface area contributed by atoms with Crippen LogP contribution in [0, 0.1) is 20.8 Å². The van der Waals surface area contributed by atoms with Gasteiger partial charge in [-0.25, -0.2) is 0 Å². The predicted octanol–water partition coefficient (Wildman–Crippen LogP) is 5.69. The maximum atomic E-state index is 13.8. The van der Waals surface area contributed by atoms with Crippen molar-refractivity contribution in [2.45, 2.75) is 71.5 Å². The zero-order chi connectivity index (χ0) is 26.2. The number of aryl methyl sites for hydroxylation is 2. The molecular weight excluding hydrogens is 460 g/mol. The highest BCUT2D eigenvalue weighted by Gasteiger charge is 2.32. The zero-order valence-corrected chi connectivity index (χ0v) is 22.2. The number of ether oxygens (including phenoxy) is 1. The van der Waals surface area contributed by atoms with E-state index in [-0.39, 0.29) is 24.5 Å². The molecule has 1 unspecified atom stereocenters. The summed E-state index contributed by atoms with van der Waals surface area (Å²) in [6.07, 6.45) is 4.69. The Balaban J connectivity index is 1.63. The Kier molecular flexibility index (Phi) is 8.99. The van der Waals surface area contributed by atoms with Gasteiger partial charge in [0.25, 0.3) is 5.91 Å². The molecule has 0 aromatic heterocycles. The molecule has 3 aromatic rings. The Morgan fingerprint density at radius 2 is 1.57 bits per heavy atom. The number of rotatable bonds is 10. The minimum absolute atomic E-state index is 0.0931. The van der Waals surface area contributed by atoms with E-state index in [4.69, 9.17) is 4.74 Å². The maximum Gasteiger partial charge on any atom is 0.261 e. The molecule has 1 atom stereocenters. The first-order valence-corrected chi connectivity index (χ1v) is 13.3. The number of nitrogens with zero attached hydrogens (tertiary/aromatic N) is 1. The number of carbonyl (C=O) groups is 2. The van der Waals surface area contributed by atoms with E-state index in [9.17, 15) is 9.59 Å². The molecule has 0 saturated heterocycles. The number of benzene rings is 3. The predicted molar refractivity (Wildman–Crippen MR) is 147 cm³/mol. The van der Waals surface area contributed by atoms with Gasteiger partial charge >= 0.3 is 0 Å². The lowest BCUT2D eigenvalue weighted by Gasteiger charge is -2.32. The van der Waals surface area contributed by atoms with Gasteiger partial charge in [-0.3, -0.25) is 9.59 Å². The van der Waals surface area contributed by atoms with Crippen molar-refractivity contribution >= 4 is 11.8 Å². The summed E-state index contributed by atoms with van der Waals surface area (Å²) < 4.78 is 6.02. The lowest BCUT2D eigenvalue weighted by molar-refractivity contribution is -0.143. The SMILES string of the molecule is Cc1ccccc1CN(C(=O)COc1cccc(C)c1C)C(Cc1ccccc1)C(=O)NC1CCCC1. The Bertz CT molecular complexity index is 1200. The highest BCUT2D eigenvalue weighted by molar-refractivity contribution is 5.88. The van der Waals surface area contributed by atoms with Crippen LogP contribution in [0.25, 0.3) is 0 Å². The molecule has 1 N–H and O–H groups in total. The monoisotopic (exact) mass is 498 g/mol. The smallest absolute Gasteiger partial charge is 0.261 e. The Labute approximate surface area is 220 Å². The van der Waals surface area contributed by atoms with Crippen LogP contribution < -0.4 is 10.1 Å². The molecule has 37 heavy (non-hydrogen) atoms. The van der Waals surface area contributed by atoms with Crippen molar-refractivity contribution in [3.63, 3.8) is 0 Å². The van der Waals surface area contributed by atoms with Crippen LogP contribution in [0.3, 0.4) is 0 Å². The van der Waals surface area contributed by atoms with E-state index in [2.05, 4.69) is 5.32 Å². The number of hydrogen-bond donors (Lipinski definition) is 1. The minimum atomic E-state index is -0.641. The Morgan fingerprint density at radius 1 is 0.892 bits per heavy atom. The Morgan fingerprint density at radius 3 is 2.30 bits per heavy atom. The molecule has 1 fully saturated rings. The van der Waals surface area contributed by atoms with Crippen molar-refractivity contribution in [3.05, 3.63) is 101 Å². The molecule has 5 heteroatoms. The first-order chi connectivity index (χ1) is 17.9. The molecule has 0 heterocycles. The molecule has 1 saturated carbocycles. The van der Waals surface area contributed by atoms with Crippen LogP contribution in [-0.4, -0.2) is 35.4 Å². The molecule has 194 valence electrons. The largest absolute Gasteiger partial charge is 0.483 e. The number of nitrogens with one attached hydrogen (secondary N) is 1. The van der Waals surface area contributed by atoms with Crippen molar-refractivity contribution in [3.8, 4) is 5.75 Å². The van der Waals surface area contributed by atoms with E-state index in [0.29, 0.717) is 18.7 Å². The van der Waals surface area contributed by atoms with Crippen LogP contribution in [0.1, 0.15) is 53.5 Å². The van der Waals surface area contributed by atoms with Gasteiger partial charge in [0.1, 0.15) is 11.8 Å². The third-order valence-corrected chi connectivity index (χ3v) is 7.48. The molecule has 0 aliphatic heterocycles. The fraction of sp³-hybridized carbons (Fsp3) is 0.375. The van der Waals surface area contributed by atoms with E-state index < -0.39 is 6.04 Å². The van der Waals surface area contributed by atoms with Crippen molar-refractivity contribution in [1.29, 1.82) is 0 Å². The van der Waals surface area contributed by atoms with Crippen molar-refractivity contribution in [2.75, 3.05) is 6.61 Å². The summed E-state index contributed by atoms with van der Waals surface area (Å²) in [6.45, 7) is 6.27. The number of amides is 2. The molecule has 0 radical (unpaired) electrons. The molecule has 1 aliphatic rings. The van der Waals surface area contributed by atoms with Crippen LogP contribution >= 0.6 is 0 Å². The first kappa shape index (κ1) is 26.5. The summed E-state index contributed by atoms with van der Waals surface area (Å²) in [5.41, 5.74) is 5.26. The molecule has 1 aliphatic carbocycles. The number of hydrogen-bond acceptors (Lipinski definition) is 3. The standard InChI is InChI=1S/C32H38N2O3/c1-23-13-11-19-30(25(23)3)37-22-31(35)34(21-27-16-8-7-12-24(27)2)29(20-26-14-5-4-6-15-26)32(36)33-28-17-9-10-18-28/h4-8,11-16,19,28-29H,9-10,17-18,20-22H2,1-3H3,(H,33,36). The third-order valence-electron chi connectivity index (χ3n) is 7.48. The van der Waals surface area contributed by atoms with Crippen molar-refractivity contribution in [2.24, 2.45) is 0 Å². The quantitative estimate of drug-likeness (QED) is 0.391. The normalized spacial score (nSPS) is 14.2. The van der Waals surface area contributed by atoms with Crippen molar-refractivity contribution in [1.82, 2.24) is 10.2 Å². The lowest BCUT2D eigenvalue weighted by Crippen LogP contribution is -2.53. The van der Waals surface area contributed by atoms with E-state index in [1.165, 1.54) is 0 Å². The molecular formula is C32H38N2O3. The lowest BCUT2D eigenvalue weighted by atomic mass is 10.0. The second-order valence-corrected chi connectivity index (χ2v) is 10.1. The van der Waals surface area contributed by atoms with Crippen LogP contribution in [0.4, 0.5) is 0 Å². The third kappa shape index (κ3) is 7.00. The van der Waals surface area contributed by atoms with Gasteiger partial charge in [0.2, 0.25) is 5.91 Å². The summed E-state index contributed by atoms with van der Waals surface area (Å²) in [6, 6.07) is 23.3. The molecule has 0 spiro atoms. The molecule has 3 aromatic carbocycles. The Hall–Kier alpha value is -3.60. The van der Waals surface area contributed by atoms with Crippen LogP contribution in [-0.2, 0) is 22.6 Å². The van der Waals surface area contributed by atoms with E-state index in [0.717, 1.165) is 53.5 Å². The highest BCUT2D eigenvalue weighted by Crippen LogP contribution is 2.23. The highest BCUT2D eigenvalue weighted by atomic mass is 16.5. The van der Waals surface area contributed by atoms with Gasteiger partial charge in [0, 0.05) is 19.0 Å². The molecule has 5 nitrogen and oxygen atoms in total. The summed E-state index contributed by atoms with van der Waals surface area (Å²) in [5.74, 6) is 0.398. The summed E-state index contributed by atoms with van der Waals surface area (Å²) in [4.78, 5) is 29.3. The first-order valence-electron chi connectivity index (χ1n) is 13.3. The maximum absolute atomic E-state index is 13.8. The second kappa shape index (κ2) is 12.6. The molecule has 2 amide bonds. The molecule has 4 rings (SSSR count). The second-order valence-electron chi connectivity index (χ2n) is 10.1. The number of carbonyl (C=O) groups excluding carboxylic acids is 2.